The fraction of sp³-hybridized carbons (Fsp3) is 0.667. The molecule has 0 spiro atoms. The Bertz CT molecular complexity index is 446. The number of nitrogens with zero attached hydrogens (tertiary/aromatic N) is 1. The molecule has 1 aliphatic heterocycles. The summed E-state index contributed by atoms with van der Waals surface area (Å²) in [6.45, 7) is 1.98. The molecule has 0 amide bonds. The van der Waals surface area contributed by atoms with E-state index in [0.717, 1.165) is 55.9 Å². The predicted molar refractivity (Wildman–Crippen MR) is 61.7 cm³/mol. The van der Waals surface area contributed by atoms with Crippen LogP contribution in [0.2, 0.25) is 0 Å². The molecule has 1 atom stereocenters. The van der Waals surface area contributed by atoms with E-state index in [4.69, 9.17) is 0 Å². The molecule has 2 N–H and O–H groups in total. The Kier molecular flexibility index (Phi) is 2.52. The normalized spacial score (nSPS) is 24.4. The molecule has 1 aromatic heterocycles. The average Bonchev–Trinajstić information content (AvgIpc) is 2.82. The summed E-state index contributed by atoms with van der Waals surface area (Å²) in [4.78, 5) is 19.6. The van der Waals surface area contributed by atoms with Crippen molar-refractivity contribution in [3.8, 4) is 0 Å². The summed E-state index contributed by atoms with van der Waals surface area (Å²) >= 11 is 0. The molecular weight excluding hydrogens is 202 g/mol. The maximum atomic E-state index is 11.9. The van der Waals surface area contributed by atoms with E-state index >= 15 is 0 Å². The molecule has 1 saturated heterocycles. The highest BCUT2D eigenvalue weighted by molar-refractivity contribution is 5.21. The van der Waals surface area contributed by atoms with Crippen LogP contribution >= 0.6 is 0 Å². The van der Waals surface area contributed by atoms with Gasteiger partial charge >= 0.3 is 0 Å². The third kappa shape index (κ3) is 1.67. The second-order valence-electron chi connectivity index (χ2n) is 4.77. The van der Waals surface area contributed by atoms with Gasteiger partial charge in [-0.05, 0) is 38.6 Å². The van der Waals surface area contributed by atoms with Gasteiger partial charge in [0.15, 0.2) is 0 Å². The van der Waals surface area contributed by atoms with Crippen LogP contribution in [-0.4, -0.2) is 23.1 Å². The molecule has 1 fully saturated rings. The molecule has 2 heterocycles. The number of fused-ring (bicyclic) bond motifs is 1. The summed E-state index contributed by atoms with van der Waals surface area (Å²) < 4.78 is 0. The minimum Gasteiger partial charge on any atom is -0.316 e. The van der Waals surface area contributed by atoms with Crippen molar-refractivity contribution in [2.75, 3.05) is 13.1 Å². The molecule has 0 saturated carbocycles. The van der Waals surface area contributed by atoms with E-state index < -0.39 is 0 Å². The Morgan fingerprint density at radius 3 is 2.94 bits per heavy atom. The van der Waals surface area contributed by atoms with Crippen LogP contribution in [0, 0.1) is 0 Å². The fourth-order valence-electron chi connectivity index (χ4n) is 2.70. The van der Waals surface area contributed by atoms with E-state index in [2.05, 4.69) is 15.3 Å². The van der Waals surface area contributed by atoms with Gasteiger partial charge in [0.25, 0.3) is 5.56 Å². The van der Waals surface area contributed by atoms with Gasteiger partial charge in [0, 0.05) is 18.0 Å². The van der Waals surface area contributed by atoms with Crippen molar-refractivity contribution >= 4 is 0 Å². The Labute approximate surface area is 94.5 Å². The quantitative estimate of drug-likeness (QED) is 0.732. The van der Waals surface area contributed by atoms with Gasteiger partial charge < -0.3 is 10.3 Å². The highest BCUT2D eigenvalue weighted by atomic mass is 16.1. The number of rotatable bonds is 1. The molecule has 0 aromatic carbocycles. The maximum Gasteiger partial charge on any atom is 0.254 e. The minimum atomic E-state index is 0.103. The molecule has 86 valence electrons. The number of aryl methyl sites for hydroxylation is 1. The molecular formula is C12H17N3O. The summed E-state index contributed by atoms with van der Waals surface area (Å²) in [7, 11) is 0. The standard InChI is InChI=1S/C12H17N3O/c16-12-9-3-1-2-4-10(9)14-11(15-12)8-5-6-13-7-8/h8,13H,1-7H2,(H,14,15,16). The topological polar surface area (TPSA) is 57.8 Å². The molecule has 1 aromatic rings. The molecule has 16 heavy (non-hydrogen) atoms. The first-order valence-corrected chi connectivity index (χ1v) is 6.17. The SMILES string of the molecule is O=c1[nH]c(C2CCNC2)nc2c1CCCC2. The molecule has 0 bridgehead atoms. The second kappa shape index (κ2) is 4.01. The molecule has 2 aliphatic rings. The number of hydrogen-bond acceptors (Lipinski definition) is 3. The van der Waals surface area contributed by atoms with Crippen molar-refractivity contribution in [3.05, 3.63) is 27.4 Å². The van der Waals surface area contributed by atoms with Gasteiger partial charge in [-0.15, -0.1) is 0 Å². The third-order valence-corrected chi connectivity index (χ3v) is 3.66. The Morgan fingerprint density at radius 2 is 2.12 bits per heavy atom. The van der Waals surface area contributed by atoms with E-state index in [0.29, 0.717) is 5.92 Å². The van der Waals surface area contributed by atoms with Crippen LogP contribution in [0.3, 0.4) is 0 Å². The summed E-state index contributed by atoms with van der Waals surface area (Å²) in [6, 6.07) is 0. The van der Waals surface area contributed by atoms with Crippen LogP contribution in [0.15, 0.2) is 4.79 Å². The minimum absolute atomic E-state index is 0.103. The maximum absolute atomic E-state index is 11.9. The highest BCUT2D eigenvalue weighted by Crippen LogP contribution is 2.21. The third-order valence-electron chi connectivity index (χ3n) is 3.66. The number of aromatic amines is 1. The van der Waals surface area contributed by atoms with Gasteiger partial charge in [0.05, 0.1) is 5.69 Å². The summed E-state index contributed by atoms with van der Waals surface area (Å²) in [6.07, 6.45) is 5.27. The Hall–Kier alpha value is -1.16. The second-order valence-corrected chi connectivity index (χ2v) is 4.77. The van der Waals surface area contributed by atoms with Crippen LogP contribution < -0.4 is 10.9 Å². The van der Waals surface area contributed by atoms with Gasteiger partial charge in [-0.3, -0.25) is 4.79 Å². The first-order chi connectivity index (χ1) is 7.84. The van der Waals surface area contributed by atoms with Crippen molar-refractivity contribution in [1.29, 1.82) is 0 Å². The smallest absolute Gasteiger partial charge is 0.254 e. The van der Waals surface area contributed by atoms with Crippen LogP contribution in [0.4, 0.5) is 0 Å². The predicted octanol–water partition coefficient (Wildman–Crippen LogP) is 0.726. The zero-order chi connectivity index (χ0) is 11.0. The lowest BCUT2D eigenvalue weighted by Crippen LogP contribution is -2.24. The van der Waals surface area contributed by atoms with E-state index in [1.807, 2.05) is 0 Å². The van der Waals surface area contributed by atoms with Crippen LogP contribution in [0.1, 0.15) is 42.3 Å². The van der Waals surface area contributed by atoms with E-state index in [1.54, 1.807) is 0 Å². The van der Waals surface area contributed by atoms with Gasteiger partial charge in [-0.1, -0.05) is 0 Å². The molecule has 4 heteroatoms. The van der Waals surface area contributed by atoms with Gasteiger partial charge in [0.2, 0.25) is 0 Å². The first kappa shape index (κ1) is 10.0. The monoisotopic (exact) mass is 219 g/mol. The van der Waals surface area contributed by atoms with Crippen molar-refractivity contribution in [3.63, 3.8) is 0 Å². The van der Waals surface area contributed by atoms with Gasteiger partial charge in [-0.2, -0.15) is 0 Å². The highest BCUT2D eigenvalue weighted by Gasteiger charge is 2.22. The van der Waals surface area contributed by atoms with Crippen molar-refractivity contribution in [2.24, 2.45) is 0 Å². The number of hydrogen-bond donors (Lipinski definition) is 2. The van der Waals surface area contributed by atoms with E-state index in [1.165, 1.54) is 6.42 Å². The molecule has 4 nitrogen and oxygen atoms in total. The lowest BCUT2D eigenvalue weighted by Gasteiger charge is -2.16. The summed E-state index contributed by atoms with van der Waals surface area (Å²) in [5, 5.41) is 3.31. The summed E-state index contributed by atoms with van der Waals surface area (Å²) in [5.41, 5.74) is 2.09. The molecule has 1 unspecified atom stereocenters. The first-order valence-electron chi connectivity index (χ1n) is 6.17. The van der Waals surface area contributed by atoms with E-state index in [-0.39, 0.29) is 5.56 Å². The van der Waals surface area contributed by atoms with Crippen molar-refractivity contribution in [1.82, 2.24) is 15.3 Å². The zero-order valence-electron chi connectivity index (χ0n) is 9.38. The molecule has 1 aliphatic carbocycles. The lowest BCUT2D eigenvalue weighted by atomic mass is 9.96. The van der Waals surface area contributed by atoms with Crippen molar-refractivity contribution < 1.29 is 0 Å². The molecule has 0 radical (unpaired) electrons. The fourth-order valence-corrected chi connectivity index (χ4v) is 2.70. The zero-order valence-corrected chi connectivity index (χ0v) is 9.38. The van der Waals surface area contributed by atoms with Crippen molar-refractivity contribution in [2.45, 2.75) is 38.0 Å². The number of aromatic nitrogens is 2. The largest absolute Gasteiger partial charge is 0.316 e. The van der Waals surface area contributed by atoms with Gasteiger partial charge in [0.1, 0.15) is 5.82 Å². The summed E-state index contributed by atoms with van der Waals surface area (Å²) in [5.74, 6) is 1.30. The molecule has 3 rings (SSSR count). The van der Waals surface area contributed by atoms with Crippen LogP contribution in [0.25, 0.3) is 0 Å². The van der Waals surface area contributed by atoms with Crippen LogP contribution in [0.5, 0.6) is 0 Å². The lowest BCUT2D eigenvalue weighted by molar-refractivity contribution is 0.623. The van der Waals surface area contributed by atoms with E-state index in [9.17, 15) is 4.79 Å². The van der Waals surface area contributed by atoms with Gasteiger partial charge in [-0.25, -0.2) is 4.98 Å². The average molecular weight is 219 g/mol. The Morgan fingerprint density at radius 1 is 1.25 bits per heavy atom. The Balaban J connectivity index is 2.01. The number of nitrogens with one attached hydrogen (secondary N) is 2. The van der Waals surface area contributed by atoms with Crippen LogP contribution in [-0.2, 0) is 12.8 Å². The number of H-pyrrole nitrogens is 1.